The summed E-state index contributed by atoms with van der Waals surface area (Å²) >= 11 is 0. The van der Waals surface area contributed by atoms with E-state index in [0.29, 0.717) is 43.3 Å². The summed E-state index contributed by atoms with van der Waals surface area (Å²) < 4.78 is 18.9. The van der Waals surface area contributed by atoms with E-state index in [4.69, 9.17) is 4.52 Å². The molecule has 2 amide bonds. The van der Waals surface area contributed by atoms with Crippen molar-refractivity contribution in [3.05, 3.63) is 36.0 Å². The molecule has 160 valence electrons. The van der Waals surface area contributed by atoms with Crippen molar-refractivity contribution in [2.24, 2.45) is 0 Å². The van der Waals surface area contributed by atoms with E-state index in [1.54, 1.807) is 21.9 Å². The number of aromatic nitrogens is 2. The van der Waals surface area contributed by atoms with E-state index in [9.17, 15) is 14.0 Å². The average Bonchev–Trinajstić information content (AvgIpc) is 3.24. The molecule has 2 fully saturated rings. The Kier molecular flexibility index (Phi) is 6.40. The summed E-state index contributed by atoms with van der Waals surface area (Å²) in [7, 11) is 0. The number of carbonyl (C=O) groups excluding carboxylic acids is 2. The lowest BCUT2D eigenvalue weighted by Crippen LogP contribution is -2.46. The second kappa shape index (κ2) is 9.36. The van der Waals surface area contributed by atoms with Gasteiger partial charge in [0, 0.05) is 31.6 Å². The summed E-state index contributed by atoms with van der Waals surface area (Å²) in [4.78, 5) is 33.2. The molecule has 1 aromatic heterocycles. The third-order valence-corrected chi connectivity index (χ3v) is 5.90. The van der Waals surface area contributed by atoms with Crippen LogP contribution in [0, 0.1) is 5.82 Å². The molecule has 1 atom stereocenters. The summed E-state index contributed by atoms with van der Waals surface area (Å²) in [5.74, 6) is 0.451. The summed E-state index contributed by atoms with van der Waals surface area (Å²) in [6.45, 7) is 1.96. The number of likely N-dealkylation sites (tertiary alicyclic amines) is 2. The van der Waals surface area contributed by atoms with Crippen molar-refractivity contribution in [3.8, 4) is 11.4 Å². The van der Waals surface area contributed by atoms with E-state index in [-0.39, 0.29) is 30.1 Å². The Morgan fingerprint density at radius 2 is 2.03 bits per heavy atom. The Bertz CT molecular complexity index is 900. The van der Waals surface area contributed by atoms with Crippen LogP contribution in [0.15, 0.2) is 28.8 Å². The predicted molar refractivity (Wildman–Crippen MR) is 108 cm³/mol. The quantitative estimate of drug-likeness (QED) is 0.766. The highest BCUT2D eigenvalue weighted by molar-refractivity contribution is 5.85. The number of piperidine rings is 1. The summed E-state index contributed by atoms with van der Waals surface area (Å²) in [5.41, 5.74) is 0.560. The van der Waals surface area contributed by atoms with Crippen molar-refractivity contribution >= 4 is 11.8 Å². The highest BCUT2D eigenvalue weighted by atomic mass is 19.1. The van der Waals surface area contributed by atoms with Crippen LogP contribution >= 0.6 is 0 Å². The molecule has 4 rings (SSSR count). The normalized spacial score (nSPS) is 20.7. The van der Waals surface area contributed by atoms with Crippen molar-refractivity contribution < 1.29 is 18.5 Å². The zero-order valence-electron chi connectivity index (χ0n) is 17.1. The van der Waals surface area contributed by atoms with E-state index >= 15 is 0 Å². The summed E-state index contributed by atoms with van der Waals surface area (Å²) in [5, 5.41) is 3.99. The molecule has 3 heterocycles. The van der Waals surface area contributed by atoms with Gasteiger partial charge in [-0.1, -0.05) is 30.1 Å². The van der Waals surface area contributed by atoms with Crippen molar-refractivity contribution in [1.82, 2.24) is 19.9 Å². The van der Waals surface area contributed by atoms with Crippen LogP contribution < -0.4 is 0 Å². The minimum Gasteiger partial charge on any atom is -0.340 e. The lowest BCUT2D eigenvalue weighted by Gasteiger charge is -2.33. The van der Waals surface area contributed by atoms with Gasteiger partial charge < -0.3 is 14.3 Å². The van der Waals surface area contributed by atoms with Gasteiger partial charge in [0.25, 0.3) is 0 Å². The maximum absolute atomic E-state index is 13.5. The average molecular weight is 414 g/mol. The van der Waals surface area contributed by atoms with E-state index in [2.05, 4.69) is 10.1 Å². The first-order chi connectivity index (χ1) is 14.6. The second-order valence-corrected chi connectivity index (χ2v) is 8.12. The number of hydrogen-bond donors (Lipinski definition) is 0. The zero-order chi connectivity index (χ0) is 20.9. The Morgan fingerprint density at radius 1 is 1.17 bits per heavy atom. The third kappa shape index (κ3) is 4.86. The van der Waals surface area contributed by atoms with Crippen molar-refractivity contribution in [2.45, 2.75) is 50.9 Å². The van der Waals surface area contributed by atoms with Crippen molar-refractivity contribution in [1.29, 1.82) is 0 Å². The number of halogens is 1. The fourth-order valence-corrected chi connectivity index (χ4v) is 4.20. The molecule has 2 aliphatic rings. The maximum atomic E-state index is 13.5. The highest BCUT2D eigenvalue weighted by Crippen LogP contribution is 2.28. The SMILES string of the molecule is O=C1CCCCCCN1CC(=O)N1CCCC(c2nc(-c3cccc(F)c3)no2)C1. The molecule has 8 heteroatoms. The van der Waals surface area contributed by atoms with Crippen LogP contribution in [0.5, 0.6) is 0 Å². The number of benzene rings is 1. The lowest BCUT2D eigenvalue weighted by molar-refractivity contribution is -0.141. The van der Waals surface area contributed by atoms with Crippen LogP contribution in [0.4, 0.5) is 4.39 Å². The van der Waals surface area contributed by atoms with Crippen LogP contribution in [0.1, 0.15) is 56.8 Å². The standard InChI is InChI=1S/C22H27FN4O3/c23-18-9-5-7-16(13-18)21-24-22(30-25-21)17-8-6-12-26(14-17)20(29)15-27-11-4-2-1-3-10-19(27)28/h5,7,9,13,17H,1-4,6,8,10-12,14-15H2. The Balaban J connectivity index is 1.39. The molecule has 2 aliphatic heterocycles. The molecule has 7 nitrogen and oxygen atoms in total. The Morgan fingerprint density at radius 3 is 2.90 bits per heavy atom. The number of carbonyl (C=O) groups is 2. The van der Waals surface area contributed by atoms with Gasteiger partial charge in [-0.05, 0) is 37.8 Å². The minimum atomic E-state index is -0.355. The molecule has 0 N–H and O–H groups in total. The minimum absolute atomic E-state index is 0.0292. The molecule has 2 aromatic rings. The molecule has 2 saturated heterocycles. The van der Waals surface area contributed by atoms with Gasteiger partial charge in [-0.25, -0.2) is 4.39 Å². The predicted octanol–water partition coefficient (Wildman–Crippen LogP) is 3.37. The molecular formula is C22H27FN4O3. The first kappa shape index (κ1) is 20.5. The molecule has 1 aromatic carbocycles. The highest BCUT2D eigenvalue weighted by Gasteiger charge is 2.30. The molecule has 0 saturated carbocycles. The number of amides is 2. The lowest BCUT2D eigenvalue weighted by atomic mass is 9.98. The van der Waals surface area contributed by atoms with Crippen LogP contribution in [0.3, 0.4) is 0 Å². The topological polar surface area (TPSA) is 79.5 Å². The van der Waals surface area contributed by atoms with Gasteiger partial charge in [-0.2, -0.15) is 4.98 Å². The summed E-state index contributed by atoms with van der Waals surface area (Å²) in [6.07, 6.45) is 6.25. The second-order valence-electron chi connectivity index (χ2n) is 8.12. The van der Waals surface area contributed by atoms with Crippen molar-refractivity contribution in [2.75, 3.05) is 26.2 Å². The molecule has 0 bridgehead atoms. The Hall–Kier alpha value is -2.77. The van der Waals surface area contributed by atoms with Crippen LogP contribution in [-0.2, 0) is 9.59 Å². The number of nitrogens with zero attached hydrogens (tertiary/aromatic N) is 4. The number of hydrogen-bond acceptors (Lipinski definition) is 5. The fraction of sp³-hybridized carbons (Fsp3) is 0.545. The van der Waals surface area contributed by atoms with Gasteiger partial charge in [0.05, 0.1) is 12.5 Å². The van der Waals surface area contributed by atoms with Gasteiger partial charge >= 0.3 is 0 Å². The smallest absolute Gasteiger partial charge is 0.242 e. The molecular weight excluding hydrogens is 387 g/mol. The first-order valence-electron chi connectivity index (χ1n) is 10.8. The number of rotatable bonds is 4. The first-order valence-corrected chi connectivity index (χ1v) is 10.8. The van der Waals surface area contributed by atoms with E-state index in [0.717, 1.165) is 38.5 Å². The van der Waals surface area contributed by atoms with Gasteiger partial charge in [-0.15, -0.1) is 0 Å². The van der Waals surface area contributed by atoms with Crippen LogP contribution in [0.2, 0.25) is 0 Å². The third-order valence-electron chi connectivity index (χ3n) is 5.90. The molecule has 0 aliphatic carbocycles. The monoisotopic (exact) mass is 414 g/mol. The van der Waals surface area contributed by atoms with E-state index < -0.39 is 0 Å². The fourth-order valence-electron chi connectivity index (χ4n) is 4.20. The summed E-state index contributed by atoms with van der Waals surface area (Å²) in [6, 6.07) is 6.07. The van der Waals surface area contributed by atoms with Crippen LogP contribution in [-0.4, -0.2) is 57.9 Å². The molecule has 30 heavy (non-hydrogen) atoms. The Labute approximate surface area is 175 Å². The largest absolute Gasteiger partial charge is 0.340 e. The molecule has 1 unspecified atom stereocenters. The van der Waals surface area contributed by atoms with Crippen LogP contribution in [0.25, 0.3) is 11.4 Å². The molecule has 0 radical (unpaired) electrons. The maximum Gasteiger partial charge on any atom is 0.242 e. The van der Waals surface area contributed by atoms with E-state index in [1.165, 1.54) is 12.1 Å². The molecule has 0 spiro atoms. The van der Waals surface area contributed by atoms with Crippen molar-refractivity contribution in [3.63, 3.8) is 0 Å². The van der Waals surface area contributed by atoms with Gasteiger partial charge in [-0.3, -0.25) is 9.59 Å². The van der Waals surface area contributed by atoms with Gasteiger partial charge in [0.15, 0.2) is 0 Å². The van der Waals surface area contributed by atoms with Gasteiger partial charge in [0.2, 0.25) is 23.5 Å². The zero-order valence-corrected chi connectivity index (χ0v) is 17.1. The van der Waals surface area contributed by atoms with Gasteiger partial charge in [0.1, 0.15) is 5.82 Å². The van der Waals surface area contributed by atoms with E-state index in [1.807, 2.05) is 0 Å².